The van der Waals surface area contributed by atoms with Gasteiger partial charge < -0.3 is 20.4 Å². The number of likely N-dealkylation sites (N-methyl/N-ethyl adjacent to an activating group) is 1. The maximum absolute atomic E-state index is 12.5. The molecule has 7 nitrogen and oxygen atoms in total. The molecule has 1 unspecified atom stereocenters. The van der Waals surface area contributed by atoms with E-state index < -0.39 is 0 Å². The van der Waals surface area contributed by atoms with E-state index in [1.807, 2.05) is 12.1 Å². The minimum absolute atomic E-state index is 0.111. The molecule has 1 saturated heterocycles. The lowest BCUT2D eigenvalue weighted by Gasteiger charge is -2.34. The van der Waals surface area contributed by atoms with Crippen molar-refractivity contribution in [3.63, 3.8) is 0 Å². The van der Waals surface area contributed by atoms with Crippen LogP contribution in [-0.4, -0.2) is 54.0 Å². The Hall–Kier alpha value is -3.45. The normalized spacial score (nSPS) is 18.8. The van der Waals surface area contributed by atoms with Crippen LogP contribution in [0.1, 0.15) is 22.1 Å². The first-order valence-electron chi connectivity index (χ1n) is 10.2. The van der Waals surface area contributed by atoms with Crippen molar-refractivity contribution in [1.82, 2.24) is 20.2 Å². The Balaban J connectivity index is 1.39. The van der Waals surface area contributed by atoms with Crippen LogP contribution in [0, 0.1) is 0 Å². The van der Waals surface area contributed by atoms with E-state index in [1.54, 1.807) is 24.8 Å². The number of nitrogens with zero attached hydrogens (tertiary/aromatic N) is 4. The lowest BCUT2D eigenvalue weighted by molar-refractivity contribution is 0.0959. The number of fused-ring (bicyclic) bond motifs is 1. The molecule has 0 saturated carbocycles. The third-order valence-corrected chi connectivity index (χ3v) is 5.83. The molecule has 2 N–H and O–H groups in total. The van der Waals surface area contributed by atoms with Gasteiger partial charge in [-0.05, 0) is 49.0 Å². The quantitative estimate of drug-likeness (QED) is 0.702. The number of aromatic nitrogens is 2. The number of carbonyl (C=O) groups is 1. The molecular weight excluding hydrogens is 376 g/mol. The smallest absolute Gasteiger partial charge is 0.255 e. The molecule has 4 heterocycles. The Morgan fingerprint density at radius 3 is 2.37 bits per heavy atom. The number of hydrogen-bond donors (Lipinski definition) is 2. The van der Waals surface area contributed by atoms with Gasteiger partial charge in [0, 0.05) is 73.5 Å². The van der Waals surface area contributed by atoms with E-state index in [0.29, 0.717) is 5.56 Å². The number of nitrogens with one attached hydrogen (secondary N) is 2. The van der Waals surface area contributed by atoms with Crippen molar-refractivity contribution in [2.75, 3.05) is 43.4 Å². The number of amides is 1. The monoisotopic (exact) mass is 400 g/mol. The average Bonchev–Trinajstić information content (AvgIpc) is 3.11. The number of carbonyl (C=O) groups excluding carboxylic acids is 1. The Bertz CT molecular complexity index is 1050. The highest BCUT2D eigenvalue weighted by atomic mass is 16.2. The molecule has 1 aromatic carbocycles. The molecule has 5 rings (SSSR count). The molecule has 2 aliphatic rings. The van der Waals surface area contributed by atoms with Crippen LogP contribution in [0.2, 0.25) is 0 Å². The average molecular weight is 400 g/mol. The Morgan fingerprint density at radius 1 is 0.933 bits per heavy atom. The van der Waals surface area contributed by atoms with Crippen molar-refractivity contribution < 1.29 is 4.79 Å². The van der Waals surface area contributed by atoms with Crippen LogP contribution in [0.3, 0.4) is 0 Å². The van der Waals surface area contributed by atoms with Crippen molar-refractivity contribution >= 4 is 17.3 Å². The molecule has 7 heteroatoms. The van der Waals surface area contributed by atoms with Crippen LogP contribution in [0.25, 0.3) is 11.1 Å². The van der Waals surface area contributed by atoms with Crippen LogP contribution in [0.15, 0.2) is 61.2 Å². The fourth-order valence-electron chi connectivity index (χ4n) is 4.11. The summed E-state index contributed by atoms with van der Waals surface area (Å²) in [6.07, 6.45) is 6.62. The first-order chi connectivity index (χ1) is 14.7. The Morgan fingerprint density at radius 2 is 1.63 bits per heavy atom. The van der Waals surface area contributed by atoms with Gasteiger partial charge in [0.15, 0.2) is 0 Å². The summed E-state index contributed by atoms with van der Waals surface area (Å²) in [5.74, 6) is -0.111. The molecule has 0 bridgehead atoms. The highest BCUT2D eigenvalue weighted by molar-refractivity contribution is 6.01. The van der Waals surface area contributed by atoms with Crippen molar-refractivity contribution in [2.45, 2.75) is 6.17 Å². The summed E-state index contributed by atoms with van der Waals surface area (Å²) in [5.41, 5.74) is 5.64. The second-order valence-electron chi connectivity index (χ2n) is 7.77. The van der Waals surface area contributed by atoms with Gasteiger partial charge in [0.2, 0.25) is 0 Å². The lowest BCUT2D eigenvalue weighted by Crippen LogP contribution is -2.44. The summed E-state index contributed by atoms with van der Waals surface area (Å²) >= 11 is 0. The number of rotatable bonds is 4. The van der Waals surface area contributed by atoms with Gasteiger partial charge in [0.25, 0.3) is 5.91 Å². The summed E-state index contributed by atoms with van der Waals surface area (Å²) in [6, 6.07) is 12.3. The van der Waals surface area contributed by atoms with Crippen molar-refractivity contribution in [3.8, 4) is 11.1 Å². The third-order valence-electron chi connectivity index (χ3n) is 5.83. The molecular formula is C23H24N6O. The fourth-order valence-corrected chi connectivity index (χ4v) is 4.11. The molecule has 0 radical (unpaired) electrons. The highest BCUT2D eigenvalue weighted by Gasteiger charge is 2.31. The molecule has 2 aromatic heterocycles. The Labute approximate surface area is 175 Å². The van der Waals surface area contributed by atoms with Gasteiger partial charge in [-0.3, -0.25) is 14.8 Å². The van der Waals surface area contributed by atoms with E-state index in [-0.39, 0.29) is 12.1 Å². The SMILES string of the molecule is CN1CCN(c2ccc(NC3NC(=O)c4cncc(-c5ccncc5)c43)cc2)CC1. The lowest BCUT2D eigenvalue weighted by atomic mass is 9.99. The summed E-state index contributed by atoms with van der Waals surface area (Å²) in [6.45, 7) is 4.24. The molecule has 30 heavy (non-hydrogen) atoms. The van der Waals surface area contributed by atoms with Crippen molar-refractivity contribution in [1.29, 1.82) is 0 Å². The third kappa shape index (κ3) is 3.48. The first-order valence-corrected chi connectivity index (χ1v) is 10.2. The van der Waals surface area contributed by atoms with Gasteiger partial charge in [0.05, 0.1) is 5.56 Å². The minimum atomic E-state index is -0.312. The number of benzene rings is 1. The van der Waals surface area contributed by atoms with Gasteiger partial charge in [-0.25, -0.2) is 0 Å². The highest BCUT2D eigenvalue weighted by Crippen LogP contribution is 2.35. The largest absolute Gasteiger partial charge is 0.369 e. The maximum atomic E-state index is 12.5. The molecule has 1 fully saturated rings. The predicted molar refractivity (Wildman–Crippen MR) is 117 cm³/mol. The number of anilines is 2. The Kier molecular flexibility index (Phi) is 4.80. The molecule has 0 aliphatic carbocycles. The summed E-state index contributed by atoms with van der Waals surface area (Å²) < 4.78 is 0. The maximum Gasteiger partial charge on any atom is 0.255 e. The van der Waals surface area contributed by atoms with E-state index in [9.17, 15) is 4.79 Å². The zero-order chi connectivity index (χ0) is 20.5. The van der Waals surface area contributed by atoms with E-state index in [1.165, 1.54) is 5.69 Å². The van der Waals surface area contributed by atoms with Crippen molar-refractivity contribution in [2.24, 2.45) is 0 Å². The molecule has 1 atom stereocenters. The standard InChI is InChI=1S/C23H24N6O/c1-28-10-12-29(13-11-28)18-4-2-17(3-5-18)26-22-21-19(16-6-8-24-9-7-16)14-25-15-20(21)23(30)27-22/h2-9,14-15,22,26H,10-13H2,1H3,(H,27,30). The van der Waals surface area contributed by atoms with Gasteiger partial charge in [-0.2, -0.15) is 0 Å². The summed E-state index contributed by atoms with van der Waals surface area (Å²) in [7, 11) is 2.16. The van der Waals surface area contributed by atoms with Gasteiger partial charge in [-0.1, -0.05) is 0 Å². The second-order valence-corrected chi connectivity index (χ2v) is 7.77. The zero-order valence-electron chi connectivity index (χ0n) is 16.9. The van der Waals surface area contributed by atoms with E-state index in [2.05, 4.69) is 61.7 Å². The van der Waals surface area contributed by atoms with Crippen LogP contribution >= 0.6 is 0 Å². The molecule has 2 aliphatic heterocycles. The minimum Gasteiger partial charge on any atom is -0.369 e. The van der Waals surface area contributed by atoms with Crippen LogP contribution < -0.4 is 15.5 Å². The molecule has 3 aromatic rings. The summed E-state index contributed by atoms with van der Waals surface area (Å²) in [5, 5.41) is 6.51. The number of hydrogen-bond acceptors (Lipinski definition) is 6. The second kappa shape index (κ2) is 7.76. The molecule has 1 amide bonds. The predicted octanol–water partition coefficient (Wildman–Crippen LogP) is 2.75. The number of pyridine rings is 2. The van der Waals surface area contributed by atoms with Gasteiger partial charge in [-0.15, -0.1) is 0 Å². The topological polar surface area (TPSA) is 73.4 Å². The first kappa shape index (κ1) is 18.6. The molecule has 0 spiro atoms. The molecule has 152 valence electrons. The van der Waals surface area contributed by atoms with Gasteiger partial charge >= 0.3 is 0 Å². The van der Waals surface area contributed by atoms with E-state index in [4.69, 9.17) is 0 Å². The number of piperazine rings is 1. The zero-order valence-corrected chi connectivity index (χ0v) is 16.9. The van der Waals surface area contributed by atoms with Crippen LogP contribution in [0.4, 0.5) is 11.4 Å². The van der Waals surface area contributed by atoms with E-state index >= 15 is 0 Å². The fraction of sp³-hybridized carbons (Fsp3) is 0.261. The van der Waals surface area contributed by atoms with E-state index in [0.717, 1.165) is 48.6 Å². The van der Waals surface area contributed by atoms with Crippen LogP contribution in [0.5, 0.6) is 0 Å². The van der Waals surface area contributed by atoms with Crippen LogP contribution in [-0.2, 0) is 0 Å². The van der Waals surface area contributed by atoms with Crippen molar-refractivity contribution in [3.05, 3.63) is 72.3 Å². The van der Waals surface area contributed by atoms with Gasteiger partial charge in [0.1, 0.15) is 6.17 Å². The summed E-state index contributed by atoms with van der Waals surface area (Å²) in [4.78, 5) is 25.6.